The van der Waals surface area contributed by atoms with Crippen LogP contribution in [0.3, 0.4) is 0 Å². The van der Waals surface area contributed by atoms with Crippen molar-refractivity contribution >= 4 is 34.6 Å². The lowest BCUT2D eigenvalue weighted by Crippen LogP contribution is -2.49. The fourth-order valence-corrected chi connectivity index (χ4v) is 4.16. The number of aromatic nitrogens is 4. The van der Waals surface area contributed by atoms with Gasteiger partial charge in [0.2, 0.25) is 5.28 Å². The number of hydrogen-bond donors (Lipinski definition) is 4. The van der Waals surface area contributed by atoms with E-state index in [1.807, 2.05) is 0 Å². The molecule has 1 saturated heterocycles. The summed E-state index contributed by atoms with van der Waals surface area (Å²) in [5.41, 5.74) is 1.51. The van der Waals surface area contributed by atoms with E-state index in [1.54, 1.807) is 0 Å². The molecule has 206 valence electrons. The summed E-state index contributed by atoms with van der Waals surface area (Å²) in [5, 5.41) is 29.7. The highest BCUT2D eigenvalue weighted by molar-refractivity contribution is 6.28. The first-order valence-corrected chi connectivity index (χ1v) is 11.1. The lowest BCUT2D eigenvalue weighted by molar-refractivity contribution is -0.180. The summed E-state index contributed by atoms with van der Waals surface area (Å²) in [7, 11) is 0. The zero-order chi connectivity index (χ0) is 28.0. The number of nitrogen functional groups attached to an aromatic ring is 1. The van der Waals surface area contributed by atoms with Crippen LogP contribution < -0.4 is 5.73 Å². The quantitative estimate of drug-likeness (QED) is 0.233. The Balaban J connectivity index is 1.54. The second kappa shape index (κ2) is 10.2. The highest BCUT2D eigenvalue weighted by atomic mass is 35.5. The molecule has 3 aromatic rings. The molecule has 5 atom stereocenters. The summed E-state index contributed by atoms with van der Waals surface area (Å²) in [4.78, 5) is 23.6. The molecule has 1 aromatic carbocycles. The van der Waals surface area contributed by atoms with Gasteiger partial charge >= 0.3 is 12.1 Å². The van der Waals surface area contributed by atoms with Crippen molar-refractivity contribution in [3.05, 3.63) is 46.8 Å². The van der Waals surface area contributed by atoms with Crippen LogP contribution in [0.15, 0.2) is 24.5 Å². The zero-order valence-electron chi connectivity index (χ0n) is 18.9. The number of ether oxygens (including phenoxy) is 2. The molecule has 17 heteroatoms. The first-order chi connectivity index (χ1) is 17.8. The van der Waals surface area contributed by atoms with Gasteiger partial charge in [-0.3, -0.25) is 4.57 Å². The maximum Gasteiger partial charge on any atom is 0.419 e. The minimum atomic E-state index is -4.97. The largest absolute Gasteiger partial charge is 0.479 e. The Kier molecular flexibility index (Phi) is 7.46. The van der Waals surface area contributed by atoms with E-state index in [1.165, 1.54) is 0 Å². The number of nitrogens with two attached hydrogens (primary N) is 1. The molecule has 0 saturated carbocycles. The molecule has 0 spiro atoms. The van der Waals surface area contributed by atoms with E-state index in [0.29, 0.717) is 12.1 Å². The second-order valence-electron chi connectivity index (χ2n) is 8.46. The number of carboxylic acids is 1. The molecular weight excluding hydrogens is 549 g/mol. The number of fused-ring (bicyclic) bond motifs is 1. The summed E-state index contributed by atoms with van der Waals surface area (Å²) < 4.78 is 79.5. The average molecular weight is 568 g/mol. The molecule has 3 heterocycles. The predicted octanol–water partition coefficient (Wildman–Crippen LogP) is 1.89. The number of alkyl halides is 4. The van der Waals surface area contributed by atoms with Gasteiger partial charge in [0.05, 0.1) is 25.1 Å². The van der Waals surface area contributed by atoms with E-state index >= 15 is 4.39 Å². The number of imidazole rings is 1. The minimum absolute atomic E-state index is 0.0107. The Bertz CT molecular complexity index is 1360. The highest BCUT2D eigenvalue weighted by Crippen LogP contribution is 2.36. The Labute approximate surface area is 214 Å². The number of carbonyl (C=O) groups is 1. The Hall–Kier alpha value is -3.18. The summed E-state index contributed by atoms with van der Waals surface area (Å²) in [6.45, 7) is -1.98. The summed E-state index contributed by atoms with van der Waals surface area (Å²) in [5.74, 6) is -3.49. The molecule has 4 rings (SSSR count). The SMILES string of the molecule is Nc1nc(Cl)nc2c1ncn2[C@@H]1O[C@H](COC(CO)(Cc2ccc(C(F)(F)F)c(F)c2)C(=O)O)[C@@H](O)[C@@H]1F. The maximum absolute atomic E-state index is 15.0. The number of nitrogens with zero attached hydrogens (tertiary/aromatic N) is 4. The Morgan fingerprint density at radius 1 is 1.29 bits per heavy atom. The lowest BCUT2D eigenvalue weighted by atomic mass is 9.94. The van der Waals surface area contributed by atoms with Gasteiger partial charge in [0.25, 0.3) is 0 Å². The molecular formula is C21H19ClF5N5O6. The first kappa shape index (κ1) is 27.8. The molecule has 38 heavy (non-hydrogen) atoms. The monoisotopic (exact) mass is 567 g/mol. The van der Waals surface area contributed by atoms with Gasteiger partial charge in [0.15, 0.2) is 29.5 Å². The van der Waals surface area contributed by atoms with E-state index in [-0.39, 0.29) is 27.8 Å². The van der Waals surface area contributed by atoms with Crippen LogP contribution in [0, 0.1) is 5.82 Å². The smallest absolute Gasteiger partial charge is 0.419 e. The van der Waals surface area contributed by atoms with Crippen LogP contribution in [0.1, 0.15) is 17.4 Å². The van der Waals surface area contributed by atoms with Gasteiger partial charge in [-0.2, -0.15) is 23.1 Å². The molecule has 11 nitrogen and oxygen atoms in total. The van der Waals surface area contributed by atoms with E-state index < -0.39 is 73.4 Å². The minimum Gasteiger partial charge on any atom is -0.479 e. The van der Waals surface area contributed by atoms with Gasteiger partial charge in [-0.05, 0) is 29.3 Å². The third-order valence-corrected chi connectivity index (χ3v) is 6.16. The van der Waals surface area contributed by atoms with Gasteiger partial charge in [0.1, 0.15) is 23.5 Å². The van der Waals surface area contributed by atoms with E-state index in [0.717, 1.165) is 17.0 Å². The van der Waals surface area contributed by atoms with Crippen LogP contribution in [0.5, 0.6) is 0 Å². The third kappa shape index (κ3) is 5.09. The van der Waals surface area contributed by atoms with Crippen molar-refractivity contribution in [3.8, 4) is 0 Å². The normalized spacial score (nSPS) is 23.6. The molecule has 0 radical (unpaired) electrons. The van der Waals surface area contributed by atoms with Crippen molar-refractivity contribution in [1.29, 1.82) is 0 Å². The standard InChI is InChI=1S/C21H19ClF5N5O6/c22-19-30-15(28)13-16(31-19)32(7-29-13)17-12(24)14(34)11(38-17)5-37-20(6-33,18(35)36)4-8-1-2-9(10(23)3-8)21(25,26)27/h1-3,7,11-12,14,17,33-34H,4-6H2,(H,35,36)(H2,28,30,31)/t11-,12+,14-,17-,20?/m1/s1. The molecule has 5 N–H and O–H groups in total. The molecule has 0 aliphatic carbocycles. The average Bonchev–Trinajstić information content (AvgIpc) is 3.36. The van der Waals surface area contributed by atoms with E-state index in [4.69, 9.17) is 26.8 Å². The van der Waals surface area contributed by atoms with Gasteiger partial charge in [-0.1, -0.05) is 6.07 Å². The number of benzene rings is 1. The molecule has 1 aliphatic rings. The third-order valence-electron chi connectivity index (χ3n) is 5.99. The summed E-state index contributed by atoms with van der Waals surface area (Å²) >= 11 is 5.80. The number of hydrogen-bond acceptors (Lipinski definition) is 9. The van der Waals surface area contributed by atoms with Crippen LogP contribution >= 0.6 is 11.6 Å². The molecule has 0 bridgehead atoms. The van der Waals surface area contributed by atoms with Crippen LogP contribution in [-0.2, 0) is 26.9 Å². The lowest BCUT2D eigenvalue weighted by Gasteiger charge is -2.29. The number of aliphatic hydroxyl groups excluding tert-OH is 2. The van der Waals surface area contributed by atoms with Crippen molar-refractivity contribution < 1.29 is 51.5 Å². The number of aliphatic carboxylic acids is 1. The summed E-state index contributed by atoms with van der Waals surface area (Å²) in [6.07, 6.45) is -11.6. The van der Waals surface area contributed by atoms with Crippen molar-refractivity contribution in [1.82, 2.24) is 19.5 Å². The molecule has 1 fully saturated rings. The van der Waals surface area contributed by atoms with Crippen molar-refractivity contribution in [3.63, 3.8) is 0 Å². The van der Waals surface area contributed by atoms with Gasteiger partial charge in [-0.15, -0.1) is 0 Å². The van der Waals surface area contributed by atoms with Crippen LogP contribution in [-0.4, -0.2) is 78.0 Å². The van der Waals surface area contributed by atoms with Crippen molar-refractivity contribution in [2.24, 2.45) is 0 Å². The number of halogens is 6. The number of carboxylic acid groups (broad SMARTS) is 1. The van der Waals surface area contributed by atoms with Crippen molar-refractivity contribution in [2.45, 2.75) is 42.8 Å². The van der Waals surface area contributed by atoms with E-state index in [9.17, 15) is 37.7 Å². The van der Waals surface area contributed by atoms with Gasteiger partial charge in [-0.25, -0.2) is 18.6 Å². The fourth-order valence-electron chi connectivity index (χ4n) is 3.99. The Morgan fingerprint density at radius 2 is 2.00 bits per heavy atom. The number of aliphatic hydroxyl groups is 2. The highest BCUT2D eigenvalue weighted by Gasteiger charge is 2.48. The topological polar surface area (TPSA) is 166 Å². The second-order valence-corrected chi connectivity index (χ2v) is 8.80. The molecule has 1 aliphatic heterocycles. The van der Waals surface area contributed by atoms with Crippen LogP contribution in [0.25, 0.3) is 11.2 Å². The summed E-state index contributed by atoms with van der Waals surface area (Å²) in [6, 6.07) is 1.73. The maximum atomic E-state index is 15.0. The first-order valence-electron chi connectivity index (χ1n) is 10.7. The molecule has 0 amide bonds. The van der Waals surface area contributed by atoms with Gasteiger partial charge < -0.3 is 30.5 Å². The predicted molar refractivity (Wildman–Crippen MR) is 118 cm³/mol. The van der Waals surface area contributed by atoms with E-state index in [2.05, 4.69) is 15.0 Å². The zero-order valence-corrected chi connectivity index (χ0v) is 19.7. The van der Waals surface area contributed by atoms with Crippen molar-refractivity contribution in [2.75, 3.05) is 18.9 Å². The Morgan fingerprint density at radius 3 is 2.61 bits per heavy atom. The number of rotatable bonds is 8. The van der Waals surface area contributed by atoms with Gasteiger partial charge in [0, 0.05) is 6.42 Å². The van der Waals surface area contributed by atoms with Crippen LogP contribution in [0.2, 0.25) is 5.28 Å². The fraction of sp³-hybridized carbons (Fsp3) is 0.429. The molecule has 2 aromatic heterocycles. The number of anilines is 1. The van der Waals surface area contributed by atoms with Crippen LogP contribution in [0.4, 0.5) is 27.8 Å². The molecule has 1 unspecified atom stereocenters.